The van der Waals surface area contributed by atoms with Crippen molar-refractivity contribution in [2.24, 2.45) is 5.92 Å². The van der Waals surface area contributed by atoms with E-state index in [-0.39, 0.29) is 23.7 Å². The zero-order chi connectivity index (χ0) is 18.7. The third-order valence-corrected chi connectivity index (χ3v) is 5.15. The van der Waals surface area contributed by atoms with Crippen LogP contribution in [0.5, 0.6) is 0 Å². The fraction of sp³-hybridized carbons (Fsp3) is 0.500. The summed E-state index contributed by atoms with van der Waals surface area (Å²) in [6.07, 6.45) is 2.23. The summed E-state index contributed by atoms with van der Waals surface area (Å²) in [7, 11) is 1.96. The Balaban J connectivity index is 0.00000261. The highest BCUT2D eigenvalue weighted by Crippen LogP contribution is 2.28. The van der Waals surface area contributed by atoms with Crippen molar-refractivity contribution in [1.82, 2.24) is 10.2 Å². The maximum absolute atomic E-state index is 12.8. The molecule has 3 rings (SSSR count). The first-order valence-corrected chi connectivity index (χ1v) is 9.53. The summed E-state index contributed by atoms with van der Waals surface area (Å²) < 4.78 is 5.90. The first-order chi connectivity index (χ1) is 12.4. The molecule has 0 radical (unpaired) electrons. The Hall–Kier alpha value is -1.78. The number of carbonyl (C=O) groups excluding carboxylic acids is 1. The number of nitrogens with one attached hydrogen (secondary N) is 1. The molecule has 2 heterocycles. The Morgan fingerprint density at radius 1 is 1.19 bits per heavy atom. The largest absolute Gasteiger partial charge is 0.451 e. The summed E-state index contributed by atoms with van der Waals surface area (Å²) in [4.78, 5) is 14.7. The molecule has 1 saturated heterocycles. The molecule has 1 unspecified atom stereocenters. The zero-order valence-corrected chi connectivity index (χ0v) is 17.6. The van der Waals surface area contributed by atoms with Crippen molar-refractivity contribution < 1.29 is 9.21 Å². The Labute approximate surface area is 168 Å². The average molecular weight is 391 g/mol. The van der Waals surface area contributed by atoms with Crippen LogP contribution in [0.15, 0.2) is 40.8 Å². The molecule has 1 aromatic carbocycles. The number of nitrogens with zero attached hydrogens (tertiary/aromatic N) is 1. The highest BCUT2D eigenvalue weighted by Gasteiger charge is 2.26. The molecule has 1 aliphatic heterocycles. The van der Waals surface area contributed by atoms with Gasteiger partial charge in [0.2, 0.25) is 0 Å². The molecule has 2 aromatic rings. The van der Waals surface area contributed by atoms with Gasteiger partial charge in [-0.05, 0) is 55.5 Å². The van der Waals surface area contributed by atoms with E-state index in [1.54, 1.807) is 6.07 Å². The van der Waals surface area contributed by atoms with Gasteiger partial charge in [0.25, 0.3) is 5.91 Å². The molecular weight excluding hydrogens is 360 g/mol. The average Bonchev–Trinajstić information content (AvgIpc) is 3.11. The van der Waals surface area contributed by atoms with E-state index in [2.05, 4.69) is 50.4 Å². The second kappa shape index (κ2) is 8.94. The van der Waals surface area contributed by atoms with Crippen molar-refractivity contribution in [2.75, 3.05) is 26.7 Å². The predicted molar refractivity (Wildman–Crippen MR) is 113 cm³/mol. The third kappa shape index (κ3) is 5.14. The van der Waals surface area contributed by atoms with E-state index in [1.807, 2.05) is 18.0 Å². The Morgan fingerprint density at radius 3 is 2.52 bits per heavy atom. The number of rotatable bonds is 4. The SMILES string of the molecule is CNCC1CCCN(C(=O)c2ccc(-c3ccc(C(C)(C)C)cc3)o2)C1.Cl. The summed E-state index contributed by atoms with van der Waals surface area (Å²) in [5, 5.41) is 3.22. The normalized spacial score (nSPS) is 17.5. The molecule has 148 valence electrons. The first kappa shape index (κ1) is 21.5. The minimum Gasteiger partial charge on any atom is -0.451 e. The molecule has 0 aliphatic carbocycles. The van der Waals surface area contributed by atoms with Gasteiger partial charge in [-0.15, -0.1) is 12.4 Å². The lowest BCUT2D eigenvalue weighted by atomic mass is 9.86. The standard InChI is InChI=1S/C22H30N2O2.ClH/c1-22(2,3)18-9-7-17(8-10-18)19-11-12-20(26-19)21(25)24-13-5-6-16(15-24)14-23-4;/h7-12,16,23H,5-6,13-15H2,1-4H3;1H. The molecule has 0 spiro atoms. The van der Waals surface area contributed by atoms with Crippen molar-refractivity contribution in [3.63, 3.8) is 0 Å². The number of piperidine rings is 1. The van der Waals surface area contributed by atoms with Crippen LogP contribution in [0.4, 0.5) is 0 Å². The fourth-order valence-corrected chi connectivity index (χ4v) is 3.60. The molecule has 4 nitrogen and oxygen atoms in total. The van der Waals surface area contributed by atoms with E-state index in [0.29, 0.717) is 11.7 Å². The lowest BCUT2D eigenvalue weighted by Crippen LogP contribution is -2.42. The van der Waals surface area contributed by atoms with Gasteiger partial charge in [-0.2, -0.15) is 0 Å². The van der Waals surface area contributed by atoms with Gasteiger partial charge >= 0.3 is 0 Å². The molecule has 1 aromatic heterocycles. The zero-order valence-electron chi connectivity index (χ0n) is 16.7. The number of furan rings is 1. The Morgan fingerprint density at radius 2 is 1.89 bits per heavy atom. The number of benzene rings is 1. The third-order valence-electron chi connectivity index (χ3n) is 5.15. The van der Waals surface area contributed by atoms with Gasteiger partial charge in [0.05, 0.1) is 0 Å². The van der Waals surface area contributed by atoms with Crippen LogP contribution in [0, 0.1) is 5.92 Å². The fourth-order valence-electron chi connectivity index (χ4n) is 3.60. The van der Waals surface area contributed by atoms with Crippen molar-refractivity contribution in [3.05, 3.63) is 47.7 Å². The van der Waals surface area contributed by atoms with Crippen LogP contribution in [-0.2, 0) is 5.41 Å². The van der Waals surface area contributed by atoms with Crippen LogP contribution in [0.1, 0.15) is 49.7 Å². The summed E-state index contributed by atoms with van der Waals surface area (Å²) in [6, 6.07) is 12.1. The Bertz CT molecular complexity index is 744. The topological polar surface area (TPSA) is 45.5 Å². The van der Waals surface area contributed by atoms with Gasteiger partial charge in [-0.25, -0.2) is 0 Å². The second-order valence-corrected chi connectivity index (χ2v) is 8.31. The van der Waals surface area contributed by atoms with Gasteiger partial charge in [0.1, 0.15) is 5.76 Å². The predicted octanol–water partition coefficient (Wildman–Crippen LogP) is 4.74. The van der Waals surface area contributed by atoms with E-state index >= 15 is 0 Å². The summed E-state index contributed by atoms with van der Waals surface area (Å²) in [5.74, 6) is 1.71. The van der Waals surface area contributed by atoms with E-state index in [4.69, 9.17) is 4.42 Å². The lowest BCUT2D eigenvalue weighted by molar-refractivity contribution is 0.0643. The van der Waals surface area contributed by atoms with Crippen LogP contribution in [0.25, 0.3) is 11.3 Å². The number of amides is 1. The number of hydrogen-bond acceptors (Lipinski definition) is 3. The van der Waals surface area contributed by atoms with Gasteiger partial charge in [-0.3, -0.25) is 4.79 Å². The molecule has 1 fully saturated rings. The quantitative estimate of drug-likeness (QED) is 0.820. The van der Waals surface area contributed by atoms with Crippen LogP contribution < -0.4 is 5.32 Å². The van der Waals surface area contributed by atoms with E-state index < -0.39 is 0 Å². The number of halogens is 1. The van der Waals surface area contributed by atoms with Crippen molar-refractivity contribution in [2.45, 2.75) is 39.0 Å². The molecule has 0 saturated carbocycles. The van der Waals surface area contributed by atoms with E-state index in [9.17, 15) is 4.79 Å². The second-order valence-electron chi connectivity index (χ2n) is 8.31. The Kier molecular flexibility index (Phi) is 7.12. The van der Waals surface area contributed by atoms with Crippen LogP contribution in [0.2, 0.25) is 0 Å². The van der Waals surface area contributed by atoms with Crippen molar-refractivity contribution in [1.29, 1.82) is 0 Å². The van der Waals surface area contributed by atoms with E-state index in [0.717, 1.165) is 37.4 Å². The summed E-state index contributed by atoms with van der Waals surface area (Å²) in [5.41, 5.74) is 2.41. The molecule has 1 N–H and O–H groups in total. The maximum atomic E-state index is 12.8. The highest BCUT2D eigenvalue weighted by atomic mass is 35.5. The molecular formula is C22H31ClN2O2. The lowest BCUT2D eigenvalue weighted by Gasteiger charge is -2.32. The molecule has 1 amide bonds. The van der Waals surface area contributed by atoms with Gasteiger partial charge < -0.3 is 14.6 Å². The van der Waals surface area contributed by atoms with Crippen LogP contribution in [0.3, 0.4) is 0 Å². The number of carbonyl (C=O) groups is 1. The minimum atomic E-state index is 0. The number of hydrogen-bond donors (Lipinski definition) is 1. The molecule has 27 heavy (non-hydrogen) atoms. The van der Waals surface area contributed by atoms with Gasteiger partial charge in [0, 0.05) is 18.7 Å². The maximum Gasteiger partial charge on any atom is 0.289 e. The van der Waals surface area contributed by atoms with Crippen molar-refractivity contribution in [3.8, 4) is 11.3 Å². The molecule has 1 atom stereocenters. The van der Waals surface area contributed by atoms with Gasteiger partial charge in [0.15, 0.2) is 5.76 Å². The van der Waals surface area contributed by atoms with E-state index in [1.165, 1.54) is 12.0 Å². The van der Waals surface area contributed by atoms with Crippen LogP contribution in [-0.4, -0.2) is 37.5 Å². The first-order valence-electron chi connectivity index (χ1n) is 9.53. The molecule has 0 bridgehead atoms. The molecule has 1 aliphatic rings. The minimum absolute atomic E-state index is 0. The van der Waals surface area contributed by atoms with Gasteiger partial charge in [-0.1, -0.05) is 45.0 Å². The molecule has 5 heteroatoms. The number of likely N-dealkylation sites (tertiary alicyclic amines) is 1. The summed E-state index contributed by atoms with van der Waals surface area (Å²) in [6.45, 7) is 9.17. The smallest absolute Gasteiger partial charge is 0.289 e. The van der Waals surface area contributed by atoms with Crippen molar-refractivity contribution >= 4 is 18.3 Å². The monoisotopic (exact) mass is 390 g/mol. The highest BCUT2D eigenvalue weighted by molar-refractivity contribution is 5.92. The van der Waals surface area contributed by atoms with Crippen LogP contribution >= 0.6 is 12.4 Å². The summed E-state index contributed by atoms with van der Waals surface area (Å²) >= 11 is 0.